The molecule has 2 aromatic rings. The molecule has 4 rings (SSSR count). The van der Waals surface area contributed by atoms with Crippen molar-refractivity contribution in [2.24, 2.45) is 0 Å². The van der Waals surface area contributed by atoms with Gasteiger partial charge in [-0.1, -0.05) is 0 Å². The fourth-order valence-corrected chi connectivity index (χ4v) is 3.64. The van der Waals surface area contributed by atoms with Crippen LogP contribution in [0.3, 0.4) is 0 Å². The minimum atomic E-state index is -0.220. The van der Waals surface area contributed by atoms with E-state index < -0.39 is 0 Å². The molecule has 1 saturated heterocycles. The van der Waals surface area contributed by atoms with Crippen molar-refractivity contribution in [3.8, 4) is 5.75 Å². The van der Waals surface area contributed by atoms with Crippen molar-refractivity contribution in [3.05, 3.63) is 42.2 Å². The summed E-state index contributed by atoms with van der Waals surface area (Å²) in [7, 11) is 0. The van der Waals surface area contributed by atoms with Gasteiger partial charge in [-0.3, -0.25) is 14.4 Å². The molecule has 0 radical (unpaired) electrons. The van der Waals surface area contributed by atoms with Crippen LogP contribution in [-0.4, -0.2) is 71.8 Å². The van der Waals surface area contributed by atoms with E-state index in [1.54, 1.807) is 41.6 Å². The smallest absolute Gasteiger partial charge is 0.265 e. The molecule has 30 heavy (non-hydrogen) atoms. The maximum absolute atomic E-state index is 12.7. The summed E-state index contributed by atoms with van der Waals surface area (Å²) in [6, 6.07) is 6.79. The monoisotopic (exact) mass is 409 g/mol. The van der Waals surface area contributed by atoms with Crippen molar-refractivity contribution in [2.75, 3.05) is 49.1 Å². The molecule has 2 amide bonds. The van der Waals surface area contributed by atoms with E-state index in [-0.39, 0.29) is 37.2 Å². The maximum atomic E-state index is 12.7. The van der Waals surface area contributed by atoms with Crippen LogP contribution in [0.5, 0.6) is 5.75 Å². The normalized spacial score (nSPS) is 16.2. The Hall–Kier alpha value is -3.49. The highest BCUT2D eigenvalue weighted by Gasteiger charge is 2.28. The first-order chi connectivity index (χ1) is 14.5. The van der Waals surface area contributed by atoms with Crippen molar-refractivity contribution < 1.29 is 19.1 Å². The Morgan fingerprint density at radius 3 is 2.53 bits per heavy atom. The Bertz CT molecular complexity index is 957. The van der Waals surface area contributed by atoms with Gasteiger partial charge in [0, 0.05) is 57.1 Å². The van der Waals surface area contributed by atoms with Gasteiger partial charge in [-0.25, -0.2) is 9.97 Å². The van der Waals surface area contributed by atoms with Gasteiger partial charge in [-0.2, -0.15) is 0 Å². The lowest BCUT2D eigenvalue weighted by molar-refractivity contribution is -0.131. The Morgan fingerprint density at radius 1 is 1.10 bits per heavy atom. The van der Waals surface area contributed by atoms with E-state index in [9.17, 15) is 14.4 Å². The summed E-state index contributed by atoms with van der Waals surface area (Å²) in [4.78, 5) is 50.7. The summed E-state index contributed by atoms with van der Waals surface area (Å²) in [6.07, 6.45) is 3.61. The van der Waals surface area contributed by atoms with Crippen LogP contribution in [-0.2, 0) is 9.59 Å². The number of nitrogens with zero attached hydrogens (tertiary/aromatic N) is 5. The molecular formula is C21H23N5O4. The number of fused-ring (bicyclic) bond motifs is 1. The molecule has 0 bridgehead atoms. The molecule has 9 heteroatoms. The Balaban J connectivity index is 1.37. The predicted octanol–water partition coefficient (Wildman–Crippen LogP) is 1.14. The third-order valence-corrected chi connectivity index (χ3v) is 5.33. The first-order valence-corrected chi connectivity index (χ1v) is 9.91. The minimum absolute atomic E-state index is 0.00723. The van der Waals surface area contributed by atoms with Crippen LogP contribution in [0.1, 0.15) is 23.7 Å². The molecule has 0 N–H and O–H groups in total. The average Bonchev–Trinajstić information content (AvgIpc) is 2.78. The van der Waals surface area contributed by atoms with Crippen LogP contribution in [0.25, 0.3) is 0 Å². The molecule has 156 valence electrons. The van der Waals surface area contributed by atoms with Crippen molar-refractivity contribution >= 4 is 29.2 Å². The second kappa shape index (κ2) is 8.48. The van der Waals surface area contributed by atoms with E-state index in [1.807, 2.05) is 0 Å². The lowest BCUT2D eigenvalue weighted by atomic mass is 10.1. The topological polar surface area (TPSA) is 95.9 Å². The fraction of sp³-hybridized carbons (Fsp3) is 0.381. The summed E-state index contributed by atoms with van der Waals surface area (Å²) in [5.74, 6) is 0.895. The number of hydrogen-bond donors (Lipinski definition) is 0. The van der Waals surface area contributed by atoms with Crippen LogP contribution >= 0.6 is 0 Å². The number of hydrogen-bond acceptors (Lipinski definition) is 7. The maximum Gasteiger partial charge on any atom is 0.265 e. The van der Waals surface area contributed by atoms with Crippen molar-refractivity contribution in [3.63, 3.8) is 0 Å². The van der Waals surface area contributed by atoms with E-state index in [0.717, 1.165) is 0 Å². The summed E-state index contributed by atoms with van der Waals surface area (Å²) < 4.78 is 5.46. The molecule has 0 saturated carbocycles. The van der Waals surface area contributed by atoms with Crippen molar-refractivity contribution in [1.82, 2.24) is 14.9 Å². The van der Waals surface area contributed by atoms with Crippen LogP contribution in [0, 0.1) is 0 Å². The first-order valence-electron chi connectivity index (χ1n) is 9.91. The first kappa shape index (κ1) is 19.8. The van der Waals surface area contributed by atoms with Gasteiger partial charge in [-0.15, -0.1) is 0 Å². The number of ketones is 1. The zero-order valence-electron chi connectivity index (χ0n) is 16.8. The van der Waals surface area contributed by atoms with Crippen LogP contribution < -0.4 is 14.5 Å². The van der Waals surface area contributed by atoms with Crippen LogP contribution in [0.4, 0.5) is 11.6 Å². The second-order valence-electron chi connectivity index (χ2n) is 7.24. The number of piperazine rings is 1. The zero-order valence-corrected chi connectivity index (χ0v) is 16.8. The van der Waals surface area contributed by atoms with Gasteiger partial charge in [0.1, 0.15) is 5.75 Å². The predicted molar refractivity (Wildman–Crippen MR) is 110 cm³/mol. The second-order valence-corrected chi connectivity index (χ2v) is 7.24. The highest BCUT2D eigenvalue weighted by molar-refractivity contribution is 6.01. The number of ether oxygens (including phenoxy) is 1. The number of aromatic nitrogens is 2. The third kappa shape index (κ3) is 4.10. The quantitative estimate of drug-likeness (QED) is 0.684. The SMILES string of the molecule is CC(=O)c1ccc2c(c1)N(CCC(=O)N1CCN(c3ncccn3)CC1)C(=O)CO2. The number of carbonyl (C=O) groups is 3. The number of Topliss-reactive ketones (excluding diaryl/α,β-unsaturated/α-hetero) is 1. The molecular weight excluding hydrogens is 386 g/mol. The molecule has 1 aromatic carbocycles. The van der Waals surface area contributed by atoms with Crippen LogP contribution in [0.15, 0.2) is 36.7 Å². The molecule has 1 fully saturated rings. The van der Waals surface area contributed by atoms with Gasteiger partial charge in [0.05, 0.1) is 5.69 Å². The van der Waals surface area contributed by atoms with Gasteiger partial charge in [0.2, 0.25) is 11.9 Å². The molecule has 0 atom stereocenters. The standard InChI is InChI=1S/C21H23N5O4/c1-15(27)16-3-4-18-17(13-16)26(20(29)14-30-18)8-5-19(28)24-9-11-25(12-10-24)21-22-6-2-7-23-21/h2-4,6-7,13H,5,8-12,14H2,1H3. The molecule has 1 aromatic heterocycles. The van der Waals surface area contributed by atoms with Gasteiger partial charge in [0.15, 0.2) is 12.4 Å². The fourth-order valence-electron chi connectivity index (χ4n) is 3.64. The van der Waals surface area contributed by atoms with E-state index in [4.69, 9.17) is 4.74 Å². The number of anilines is 2. The molecule has 3 heterocycles. The summed E-state index contributed by atoms with van der Waals surface area (Å²) in [6.45, 7) is 4.14. The number of rotatable bonds is 5. The summed E-state index contributed by atoms with van der Waals surface area (Å²) in [5, 5.41) is 0. The van der Waals surface area contributed by atoms with Gasteiger partial charge in [-0.05, 0) is 31.2 Å². The van der Waals surface area contributed by atoms with E-state index in [0.29, 0.717) is 49.1 Å². The number of amides is 2. The highest BCUT2D eigenvalue weighted by atomic mass is 16.5. The Labute approximate surface area is 174 Å². The largest absolute Gasteiger partial charge is 0.482 e. The molecule has 2 aliphatic heterocycles. The zero-order chi connectivity index (χ0) is 21.1. The van der Waals surface area contributed by atoms with E-state index in [1.165, 1.54) is 11.8 Å². The third-order valence-electron chi connectivity index (χ3n) is 5.33. The van der Waals surface area contributed by atoms with E-state index in [2.05, 4.69) is 14.9 Å². The Morgan fingerprint density at radius 2 is 1.83 bits per heavy atom. The van der Waals surface area contributed by atoms with E-state index >= 15 is 0 Å². The summed E-state index contributed by atoms with van der Waals surface area (Å²) >= 11 is 0. The number of benzene rings is 1. The highest BCUT2D eigenvalue weighted by Crippen LogP contribution is 2.33. The minimum Gasteiger partial charge on any atom is -0.482 e. The average molecular weight is 409 g/mol. The summed E-state index contributed by atoms with van der Waals surface area (Å²) in [5.41, 5.74) is 1.04. The Kier molecular flexibility index (Phi) is 5.60. The molecule has 0 aliphatic carbocycles. The lowest BCUT2D eigenvalue weighted by Crippen LogP contribution is -2.50. The van der Waals surface area contributed by atoms with Gasteiger partial charge < -0.3 is 19.4 Å². The van der Waals surface area contributed by atoms with Crippen molar-refractivity contribution in [2.45, 2.75) is 13.3 Å². The lowest BCUT2D eigenvalue weighted by Gasteiger charge is -2.35. The molecule has 0 unspecified atom stereocenters. The van der Waals surface area contributed by atoms with Gasteiger partial charge >= 0.3 is 0 Å². The molecule has 9 nitrogen and oxygen atoms in total. The van der Waals surface area contributed by atoms with Crippen LogP contribution in [0.2, 0.25) is 0 Å². The molecule has 0 spiro atoms. The molecule has 2 aliphatic rings. The van der Waals surface area contributed by atoms with Crippen molar-refractivity contribution in [1.29, 1.82) is 0 Å². The number of carbonyl (C=O) groups excluding carboxylic acids is 3. The van der Waals surface area contributed by atoms with Gasteiger partial charge in [0.25, 0.3) is 5.91 Å².